The summed E-state index contributed by atoms with van der Waals surface area (Å²) in [5.74, 6) is 0.858. The molecule has 126 valence electrons. The minimum absolute atomic E-state index is 0.0172. The van der Waals surface area contributed by atoms with Crippen LogP contribution in [0.5, 0.6) is 0 Å². The summed E-state index contributed by atoms with van der Waals surface area (Å²) in [5.41, 5.74) is 1.75. The van der Waals surface area contributed by atoms with Gasteiger partial charge in [0.1, 0.15) is 11.9 Å². The van der Waals surface area contributed by atoms with Crippen molar-refractivity contribution in [2.45, 2.75) is 44.7 Å². The van der Waals surface area contributed by atoms with Gasteiger partial charge in [0.05, 0.1) is 23.3 Å². The van der Waals surface area contributed by atoms with Crippen molar-refractivity contribution in [1.29, 1.82) is 0 Å². The topological polar surface area (TPSA) is 82.2 Å². The van der Waals surface area contributed by atoms with E-state index in [9.17, 15) is 9.59 Å². The van der Waals surface area contributed by atoms with E-state index in [2.05, 4.69) is 15.0 Å². The van der Waals surface area contributed by atoms with Gasteiger partial charge >= 0.3 is 0 Å². The van der Waals surface area contributed by atoms with Crippen LogP contribution in [0.2, 0.25) is 0 Å². The molecule has 7 nitrogen and oxygen atoms in total. The number of aromatic nitrogens is 3. The van der Waals surface area contributed by atoms with Crippen LogP contribution >= 0.6 is 0 Å². The van der Waals surface area contributed by atoms with Crippen molar-refractivity contribution in [3.05, 3.63) is 24.3 Å². The number of aromatic amines is 1. The van der Waals surface area contributed by atoms with Gasteiger partial charge in [-0.1, -0.05) is 0 Å². The quantitative estimate of drug-likeness (QED) is 0.909. The van der Waals surface area contributed by atoms with Crippen molar-refractivity contribution in [3.8, 4) is 0 Å². The molecule has 2 amide bonds. The minimum atomic E-state index is -0.311. The molecule has 24 heavy (non-hydrogen) atoms. The third-order valence-electron chi connectivity index (χ3n) is 5.10. The molecule has 2 aromatic heterocycles. The highest BCUT2D eigenvalue weighted by atomic mass is 16.2. The molecule has 7 heteroatoms. The fraction of sp³-hybridized carbons (Fsp3) is 0.529. The van der Waals surface area contributed by atoms with Gasteiger partial charge in [-0.3, -0.25) is 14.6 Å². The van der Waals surface area contributed by atoms with E-state index >= 15 is 0 Å². The lowest BCUT2D eigenvalue weighted by Gasteiger charge is -2.30. The first kappa shape index (κ1) is 15.1. The number of nitrogens with zero attached hydrogens (tertiary/aromatic N) is 4. The highest BCUT2D eigenvalue weighted by Gasteiger charge is 2.40. The first-order valence-electron chi connectivity index (χ1n) is 8.52. The van der Waals surface area contributed by atoms with Crippen LogP contribution in [-0.2, 0) is 9.59 Å². The van der Waals surface area contributed by atoms with E-state index in [1.807, 2.05) is 11.0 Å². The monoisotopic (exact) mass is 327 g/mol. The summed E-state index contributed by atoms with van der Waals surface area (Å²) in [4.78, 5) is 40.5. The number of hydrogen-bond acceptors (Lipinski definition) is 4. The van der Waals surface area contributed by atoms with Crippen LogP contribution in [0.25, 0.3) is 11.0 Å². The first-order chi connectivity index (χ1) is 11.6. The number of carbonyl (C=O) groups is 2. The van der Waals surface area contributed by atoms with Crippen molar-refractivity contribution in [2.24, 2.45) is 0 Å². The van der Waals surface area contributed by atoms with Gasteiger partial charge in [0, 0.05) is 26.2 Å². The molecule has 2 fully saturated rings. The molecule has 0 radical (unpaired) electrons. The maximum absolute atomic E-state index is 13.0. The van der Waals surface area contributed by atoms with Gasteiger partial charge in [0.25, 0.3) is 0 Å². The van der Waals surface area contributed by atoms with Gasteiger partial charge in [0.2, 0.25) is 11.8 Å². The predicted molar refractivity (Wildman–Crippen MR) is 88.0 cm³/mol. The molecule has 2 unspecified atom stereocenters. The summed E-state index contributed by atoms with van der Waals surface area (Å²) < 4.78 is 0. The average molecular weight is 327 g/mol. The number of H-pyrrole nitrogens is 1. The number of fused-ring (bicyclic) bond motifs is 1. The summed E-state index contributed by atoms with van der Waals surface area (Å²) in [6, 6.07) is 1.51. The Labute approximate surface area is 140 Å². The summed E-state index contributed by atoms with van der Waals surface area (Å²) in [6.07, 6.45) is 6.97. The SMILES string of the molecule is CC(=O)N1CCCC1C(=O)N1CCCC1c1nc2ccncc2[nH]1. The van der Waals surface area contributed by atoms with E-state index in [-0.39, 0.29) is 23.9 Å². The highest BCUT2D eigenvalue weighted by molar-refractivity contribution is 5.88. The molecular formula is C17H21N5O2. The molecule has 0 saturated carbocycles. The zero-order valence-corrected chi connectivity index (χ0v) is 13.7. The van der Waals surface area contributed by atoms with Crippen molar-refractivity contribution >= 4 is 22.8 Å². The lowest BCUT2D eigenvalue weighted by Crippen LogP contribution is -2.47. The van der Waals surface area contributed by atoms with E-state index in [4.69, 9.17) is 0 Å². The Balaban J connectivity index is 1.60. The second-order valence-electron chi connectivity index (χ2n) is 6.57. The molecule has 4 rings (SSSR count). The predicted octanol–water partition coefficient (Wildman–Crippen LogP) is 1.63. The number of amides is 2. The Morgan fingerprint density at radius 2 is 2.00 bits per heavy atom. The molecule has 2 aromatic rings. The molecule has 2 atom stereocenters. The number of hydrogen-bond donors (Lipinski definition) is 1. The molecule has 2 aliphatic heterocycles. The Kier molecular flexibility index (Phi) is 3.70. The fourth-order valence-electron chi connectivity index (χ4n) is 3.94. The van der Waals surface area contributed by atoms with Crippen LogP contribution in [0.4, 0.5) is 0 Å². The van der Waals surface area contributed by atoms with E-state index in [1.54, 1.807) is 24.2 Å². The number of rotatable bonds is 2. The summed E-state index contributed by atoms with van der Waals surface area (Å²) in [5, 5.41) is 0. The number of imidazole rings is 1. The van der Waals surface area contributed by atoms with Gasteiger partial charge in [-0.25, -0.2) is 4.98 Å². The maximum Gasteiger partial charge on any atom is 0.245 e. The largest absolute Gasteiger partial charge is 0.339 e. The number of carbonyl (C=O) groups excluding carboxylic acids is 2. The van der Waals surface area contributed by atoms with Crippen LogP contribution in [0, 0.1) is 0 Å². The van der Waals surface area contributed by atoms with E-state index in [0.717, 1.165) is 49.1 Å². The molecular weight excluding hydrogens is 306 g/mol. The minimum Gasteiger partial charge on any atom is -0.339 e. The lowest BCUT2D eigenvalue weighted by molar-refractivity contribution is -0.143. The summed E-state index contributed by atoms with van der Waals surface area (Å²) in [7, 11) is 0. The molecule has 0 spiro atoms. The Hall–Kier alpha value is -2.44. The number of nitrogens with one attached hydrogen (secondary N) is 1. The van der Waals surface area contributed by atoms with E-state index in [1.165, 1.54) is 0 Å². The van der Waals surface area contributed by atoms with E-state index < -0.39 is 0 Å². The van der Waals surface area contributed by atoms with Gasteiger partial charge in [-0.05, 0) is 31.7 Å². The standard InChI is InChI=1S/C17H21N5O2/c1-11(23)21-8-3-5-15(21)17(24)22-9-2-4-14(22)16-19-12-6-7-18-10-13(12)20-16/h6-7,10,14-15H,2-5,8-9H2,1H3,(H,19,20). The molecule has 0 bridgehead atoms. The second-order valence-corrected chi connectivity index (χ2v) is 6.57. The number of likely N-dealkylation sites (tertiary alicyclic amines) is 2. The van der Waals surface area contributed by atoms with E-state index in [0.29, 0.717) is 6.54 Å². The normalized spacial score (nSPS) is 24.0. The zero-order valence-electron chi connectivity index (χ0n) is 13.7. The lowest BCUT2D eigenvalue weighted by atomic mass is 10.1. The van der Waals surface area contributed by atoms with Gasteiger partial charge < -0.3 is 14.8 Å². The molecule has 0 aliphatic carbocycles. The highest BCUT2D eigenvalue weighted by Crippen LogP contribution is 2.33. The van der Waals surface area contributed by atoms with Crippen LogP contribution < -0.4 is 0 Å². The van der Waals surface area contributed by atoms with Crippen molar-refractivity contribution in [3.63, 3.8) is 0 Å². The van der Waals surface area contributed by atoms with Crippen LogP contribution in [-0.4, -0.2) is 55.7 Å². The molecule has 0 aromatic carbocycles. The van der Waals surface area contributed by atoms with Crippen LogP contribution in [0.15, 0.2) is 18.5 Å². The Morgan fingerprint density at radius 3 is 2.79 bits per heavy atom. The third kappa shape index (κ3) is 2.44. The smallest absolute Gasteiger partial charge is 0.245 e. The average Bonchev–Trinajstić information content (AvgIpc) is 3.30. The Bertz CT molecular complexity index is 753. The molecule has 1 N–H and O–H groups in total. The second kappa shape index (κ2) is 5.89. The maximum atomic E-state index is 13.0. The number of pyridine rings is 1. The molecule has 2 aliphatic rings. The van der Waals surface area contributed by atoms with Crippen LogP contribution in [0.3, 0.4) is 0 Å². The van der Waals surface area contributed by atoms with Gasteiger partial charge in [-0.2, -0.15) is 0 Å². The van der Waals surface area contributed by atoms with Gasteiger partial charge in [-0.15, -0.1) is 0 Å². The third-order valence-corrected chi connectivity index (χ3v) is 5.10. The molecule has 4 heterocycles. The fourth-order valence-corrected chi connectivity index (χ4v) is 3.94. The van der Waals surface area contributed by atoms with Crippen molar-refractivity contribution in [2.75, 3.05) is 13.1 Å². The zero-order chi connectivity index (χ0) is 16.7. The Morgan fingerprint density at radius 1 is 1.21 bits per heavy atom. The van der Waals surface area contributed by atoms with Crippen molar-refractivity contribution < 1.29 is 9.59 Å². The van der Waals surface area contributed by atoms with Crippen LogP contribution in [0.1, 0.15) is 44.5 Å². The van der Waals surface area contributed by atoms with Crippen molar-refractivity contribution in [1.82, 2.24) is 24.8 Å². The summed E-state index contributed by atoms with van der Waals surface area (Å²) >= 11 is 0. The molecule has 2 saturated heterocycles. The first-order valence-corrected chi connectivity index (χ1v) is 8.52. The van der Waals surface area contributed by atoms with Gasteiger partial charge in [0.15, 0.2) is 0 Å². The summed E-state index contributed by atoms with van der Waals surface area (Å²) in [6.45, 7) is 2.95.